The second-order valence-corrected chi connectivity index (χ2v) is 2.80. The number of ether oxygens (including phenoxy) is 1. The zero-order chi connectivity index (χ0) is 13.1. The molecule has 0 N–H and O–H groups in total. The minimum absolute atomic E-state index is 0.293. The van der Waals surface area contributed by atoms with Crippen LogP contribution in [0, 0.1) is 21.4 Å². The van der Waals surface area contributed by atoms with Gasteiger partial charge in [0, 0.05) is 11.6 Å². The van der Waals surface area contributed by atoms with E-state index in [0.29, 0.717) is 6.20 Å². The number of nitro groups is 1. The third-order valence-corrected chi connectivity index (χ3v) is 1.60. The summed E-state index contributed by atoms with van der Waals surface area (Å²) in [6, 6.07) is 2.38. The quantitative estimate of drug-likeness (QED) is 0.601. The third-order valence-electron chi connectivity index (χ3n) is 1.60. The molecular weight excluding hydrogens is 243 g/mol. The molecule has 0 saturated carbocycles. The summed E-state index contributed by atoms with van der Waals surface area (Å²) in [4.78, 5) is 12.7. The zero-order valence-corrected chi connectivity index (χ0v) is 8.06. The van der Waals surface area contributed by atoms with E-state index >= 15 is 0 Å². The number of alkyl halides is 3. The first kappa shape index (κ1) is 12.7. The Morgan fingerprint density at radius 2 is 2.24 bits per heavy atom. The van der Waals surface area contributed by atoms with Gasteiger partial charge in [-0.1, -0.05) is 0 Å². The average Bonchev–Trinajstić information content (AvgIpc) is 2.18. The van der Waals surface area contributed by atoms with E-state index in [0.717, 1.165) is 6.07 Å². The van der Waals surface area contributed by atoms with Gasteiger partial charge >= 0.3 is 6.36 Å². The molecule has 17 heavy (non-hydrogen) atoms. The van der Waals surface area contributed by atoms with E-state index in [1.165, 1.54) is 0 Å². The lowest BCUT2D eigenvalue weighted by molar-refractivity contribution is -0.385. The lowest BCUT2D eigenvalue weighted by Crippen LogP contribution is -2.19. The highest BCUT2D eigenvalue weighted by Crippen LogP contribution is 2.27. The lowest BCUT2D eigenvalue weighted by Gasteiger charge is -2.09. The third kappa shape index (κ3) is 3.60. The molecule has 90 valence electrons. The molecule has 0 aliphatic heterocycles. The Labute approximate surface area is 92.4 Å². The fraction of sp³-hybridized carbons (Fsp3) is 0.250. The summed E-state index contributed by atoms with van der Waals surface area (Å²) in [5, 5.41) is 18.8. The average molecular weight is 247 g/mol. The van der Waals surface area contributed by atoms with Crippen molar-refractivity contribution in [2.75, 3.05) is 0 Å². The van der Waals surface area contributed by atoms with Gasteiger partial charge in [-0.05, 0) is 0 Å². The van der Waals surface area contributed by atoms with Gasteiger partial charge < -0.3 is 4.74 Å². The van der Waals surface area contributed by atoms with Crippen LogP contribution in [-0.2, 0) is 6.42 Å². The molecule has 0 bridgehead atoms. The molecule has 0 fully saturated rings. The minimum atomic E-state index is -4.96. The summed E-state index contributed by atoms with van der Waals surface area (Å²) in [6.07, 6.45) is -4.81. The van der Waals surface area contributed by atoms with Gasteiger partial charge in [0.25, 0.3) is 5.69 Å². The molecule has 1 rings (SSSR count). The Kier molecular flexibility index (Phi) is 3.47. The van der Waals surface area contributed by atoms with E-state index in [4.69, 9.17) is 5.26 Å². The zero-order valence-electron chi connectivity index (χ0n) is 8.06. The van der Waals surface area contributed by atoms with E-state index in [9.17, 15) is 23.3 Å². The predicted molar refractivity (Wildman–Crippen MR) is 46.9 cm³/mol. The lowest BCUT2D eigenvalue weighted by atomic mass is 10.2. The van der Waals surface area contributed by atoms with Crippen molar-refractivity contribution in [3.05, 3.63) is 27.9 Å². The molecule has 1 heterocycles. The maximum absolute atomic E-state index is 11.9. The van der Waals surface area contributed by atoms with E-state index in [1.807, 2.05) is 0 Å². The van der Waals surface area contributed by atoms with E-state index in [-0.39, 0.29) is 5.56 Å². The number of aromatic nitrogens is 1. The van der Waals surface area contributed by atoms with Crippen LogP contribution in [0.15, 0.2) is 12.3 Å². The van der Waals surface area contributed by atoms with Crippen LogP contribution >= 0.6 is 0 Å². The van der Waals surface area contributed by atoms with Crippen molar-refractivity contribution in [2.45, 2.75) is 12.8 Å². The number of pyridine rings is 1. The second kappa shape index (κ2) is 4.65. The summed E-state index contributed by atoms with van der Waals surface area (Å²) in [5.74, 6) is -0.857. The van der Waals surface area contributed by atoms with Crippen molar-refractivity contribution in [1.82, 2.24) is 4.98 Å². The van der Waals surface area contributed by atoms with Crippen LogP contribution in [0.3, 0.4) is 0 Å². The monoisotopic (exact) mass is 247 g/mol. The Bertz CT molecular complexity index is 481. The molecule has 9 heteroatoms. The van der Waals surface area contributed by atoms with Crippen molar-refractivity contribution in [3.8, 4) is 11.9 Å². The van der Waals surface area contributed by atoms with Crippen molar-refractivity contribution in [3.63, 3.8) is 0 Å². The topological polar surface area (TPSA) is 89.0 Å². The van der Waals surface area contributed by atoms with Crippen LogP contribution < -0.4 is 4.74 Å². The first-order chi connectivity index (χ1) is 7.83. The highest BCUT2D eigenvalue weighted by Gasteiger charge is 2.33. The Morgan fingerprint density at radius 3 is 2.71 bits per heavy atom. The summed E-state index contributed by atoms with van der Waals surface area (Å²) < 4.78 is 39.4. The van der Waals surface area contributed by atoms with Crippen LogP contribution in [0.25, 0.3) is 0 Å². The van der Waals surface area contributed by atoms with Gasteiger partial charge in [-0.25, -0.2) is 4.98 Å². The summed E-state index contributed by atoms with van der Waals surface area (Å²) in [5.41, 5.74) is -0.802. The molecule has 6 nitrogen and oxygen atoms in total. The van der Waals surface area contributed by atoms with Crippen LogP contribution in [0.1, 0.15) is 5.56 Å². The van der Waals surface area contributed by atoms with Gasteiger partial charge in [-0.15, -0.1) is 13.2 Å². The van der Waals surface area contributed by atoms with Crippen molar-refractivity contribution < 1.29 is 22.8 Å². The molecule has 0 aliphatic carbocycles. The maximum Gasteiger partial charge on any atom is 0.574 e. The van der Waals surface area contributed by atoms with Crippen molar-refractivity contribution in [2.24, 2.45) is 0 Å². The van der Waals surface area contributed by atoms with Crippen LogP contribution in [0.2, 0.25) is 0 Å². The van der Waals surface area contributed by atoms with Crippen LogP contribution in [0.5, 0.6) is 5.88 Å². The van der Waals surface area contributed by atoms with Gasteiger partial charge in [0.1, 0.15) is 6.20 Å². The molecule has 0 saturated heterocycles. The number of rotatable bonds is 3. The number of hydrogen-bond acceptors (Lipinski definition) is 5. The molecule has 0 aliphatic rings. The molecule has 0 spiro atoms. The van der Waals surface area contributed by atoms with Gasteiger partial charge in [-0.3, -0.25) is 10.1 Å². The maximum atomic E-state index is 11.9. The van der Waals surface area contributed by atoms with Crippen molar-refractivity contribution >= 4 is 5.69 Å². The number of hydrogen-bond donors (Lipinski definition) is 0. The normalized spacial score (nSPS) is 10.7. The molecule has 0 aromatic carbocycles. The Balaban J connectivity index is 3.13. The highest BCUT2D eigenvalue weighted by molar-refractivity contribution is 5.39. The molecule has 1 aromatic heterocycles. The standard InChI is InChI=1S/C8H4F3N3O3/c9-8(10,11)17-7-5(1-2-12)3-6(4-13-7)14(15)16/h3-4H,1H2. The largest absolute Gasteiger partial charge is 0.574 e. The minimum Gasteiger partial charge on any atom is -0.388 e. The summed E-state index contributed by atoms with van der Waals surface area (Å²) in [7, 11) is 0. The van der Waals surface area contributed by atoms with Gasteiger partial charge in [0.2, 0.25) is 5.88 Å². The first-order valence-electron chi connectivity index (χ1n) is 4.09. The van der Waals surface area contributed by atoms with Gasteiger partial charge in [-0.2, -0.15) is 5.26 Å². The van der Waals surface area contributed by atoms with Crippen LogP contribution in [0.4, 0.5) is 18.9 Å². The van der Waals surface area contributed by atoms with E-state index in [2.05, 4.69) is 9.72 Å². The second-order valence-electron chi connectivity index (χ2n) is 2.80. The molecular formula is C8H4F3N3O3. The van der Waals surface area contributed by atoms with E-state index in [1.54, 1.807) is 6.07 Å². The predicted octanol–water partition coefficient (Wildman–Crippen LogP) is 1.95. The molecule has 0 radical (unpaired) electrons. The SMILES string of the molecule is N#CCc1cc([N+](=O)[O-])cnc1OC(F)(F)F. The van der Waals surface area contributed by atoms with Gasteiger partial charge in [0.05, 0.1) is 17.4 Å². The smallest absolute Gasteiger partial charge is 0.388 e. The molecule has 0 atom stereocenters. The molecule has 1 aromatic rings. The van der Waals surface area contributed by atoms with E-state index < -0.39 is 29.3 Å². The fourth-order valence-corrected chi connectivity index (χ4v) is 0.998. The van der Waals surface area contributed by atoms with Crippen molar-refractivity contribution in [1.29, 1.82) is 5.26 Å². The van der Waals surface area contributed by atoms with Gasteiger partial charge in [0.15, 0.2) is 0 Å². The Hall–Kier alpha value is -2.37. The number of halogens is 3. The molecule has 0 unspecified atom stereocenters. The van der Waals surface area contributed by atoms with Crippen LogP contribution in [-0.4, -0.2) is 16.3 Å². The molecule has 0 amide bonds. The number of nitrogens with zero attached hydrogens (tertiary/aromatic N) is 3. The number of nitriles is 1. The summed E-state index contributed by atoms with van der Waals surface area (Å²) >= 11 is 0. The summed E-state index contributed by atoms with van der Waals surface area (Å²) in [6.45, 7) is 0. The first-order valence-corrected chi connectivity index (χ1v) is 4.09. The fourth-order valence-electron chi connectivity index (χ4n) is 0.998. The Morgan fingerprint density at radius 1 is 1.59 bits per heavy atom. The highest BCUT2D eigenvalue weighted by atomic mass is 19.4.